The smallest absolute Gasteiger partial charge is 0.279 e. The number of nitrogens with zero attached hydrogens (tertiary/aromatic N) is 6. The average Bonchev–Trinajstić information content (AvgIpc) is 3.53. The molecular formula is C24H21N7OS. The number of benzene rings is 2. The third kappa shape index (κ3) is 3.94. The molecule has 0 unspecified atom stereocenters. The van der Waals surface area contributed by atoms with Crippen LogP contribution in [0.25, 0.3) is 27.6 Å². The molecule has 0 aliphatic rings. The molecule has 5 aromatic rings. The van der Waals surface area contributed by atoms with Gasteiger partial charge < -0.3 is 4.57 Å². The number of imidazole rings is 1. The SMILES string of the molecule is Cc1ccc(-n2nnc(C(=O)Nc3nc(-c4ccccc4)c(-c4nccn4C)s3)c2C)cc1. The van der Waals surface area contributed by atoms with E-state index in [1.165, 1.54) is 11.3 Å². The molecule has 5 rings (SSSR count). The molecule has 1 amide bonds. The monoisotopic (exact) mass is 455 g/mol. The van der Waals surface area contributed by atoms with E-state index in [0.717, 1.165) is 33.2 Å². The Bertz CT molecular complexity index is 1430. The summed E-state index contributed by atoms with van der Waals surface area (Å²) in [5.41, 5.74) is 4.63. The third-order valence-electron chi connectivity index (χ3n) is 5.31. The van der Waals surface area contributed by atoms with Gasteiger partial charge in [0.1, 0.15) is 0 Å². The highest BCUT2D eigenvalue weighted by Crippen LogP contribution is 2.38. The van der Waals surface area contributed by atoms with Gasteiger partial charge in [-0.1, -0.05) is 64.6 Å². The van der Waals surface area contributed by atoms with Gasteiger partial charge in [-0.25, -0.2) is 14.6 Å². The molecule has 33 heavy (non-hydrogen) atoms. The van der Waals surface area contributed by atoms with Gasteiger partial charge in [0, 0.05) is 25.0 Å². The molecule has 0 saturated heterocycles. The van der Waals surface area contributed by atoms with Crippen molar-refractivity contribution in [1.82, 2.24) is 29.5 Å². The maximum absolute atomic E-state index is 13.1. The van der Waals surface area contributed by atoms with E-state index in [-0.39, 0.29) is 11.6 Å². The fraction of sp³-hybridized carbons (Fsp3) is 0.125. The van der Waals surface area contributed by atoms with Crippen LogP contribution in [0.3, 0.4) is 0 Å². The summed E-state index contributed by atoms with van der Waals surface area (Å²) in [4.78, 5) is 23.1. The molecule has 8 nitrogen and oxygen atoms in total. The Morgan fingerprint density at radius 1 is 1.03 bits per heavy atom. The molecule has 3 heterocycles. The van der Waals surface area contributed by atoms with E-state index in [9.17, 15) is 4.79 Å². The van der Waals surface area contributed by atoms with Crippen molar-refractivity contribution in [3.05, 3.63) is 83.9 Å². The summed E-state index contributed by atoms with van der Waals surface area (Å²) in [6, 6.07) is 17.7. The van der Waals surface area contributed by atoms with Gasteiger partial charge in [-0.2, -0.15) is 0 Å². The van der Waals surface area contributed by atoms with E-state index >= 15 is 0 Å². The van der Waals surface area contributed by atoms with Crippen LogP contribution in [0.15, 0.2) is 67.0 Å². The van der Waals surface area contributed by atoms with Gasteiger partial charge in [0.05, 0.1) is 22.0 Å². The molecule has 0 aliphatic heterocycles. The lowest BCUT2D eigenvalue weighted by atomic mass is 10.1. The number of hydrogen-bond acceptors (Lipinski definition) is 6. The van der Waals surface area contributed by atoms with Crippen molar-refractivity contribution >= 4 is 22.4 Å². The topological polar surface area (TPSA) is 90.5 Å². The predicted octanol–water partition coefficient (Wildman–Crippen LogP) is 4.66. The fourth-order valence-corrected chi connectivity index (χ4v) is 4.55. The first kappa shape index (κ1) is 20.8. The summed E-state index contributed by atoms with van der Waals surface area (Å²) in [6.07, 6.45) is 3.63. The highest BCUT2D eigenvalue weighted by Gasteiger charge is 2.22. The second-order valence-electron chi connectivity index (χ2n) is 7.65. The number of aromatic nitrogens is 6. The molecule has 164 valence electrons. The Morgan fingerprint density at radius 3 is 2.48 bits per heavy atom. The minimum atomic E-state index is -0.356. The summed E-state index contributed by atoms with van der Waals surface area (Å²) >= 11 is 1.38. The minimum absolute atomic E-state index is 0.255. The summed E-state index contributed by atoms with van der Waals surface area (Å²) in [5, 5.41) is 11.7. The van der Waals surface area contributed by atoms with E-state index in [4.69, 9.17) is 4.98 Å². The Labute approximate surface area is 194 Å². The molecule has 0 aliphatic carbocycles. The highest BCUT2D eigenvalue weighted by atomic mass is 32.1. The van der Waals surface area contributed by atoms with Crippen molar-refractivity contribution in [3.63, 3.8) is 0 Å². The molecule has 9 heteroatoms. The molecular weight excluding hydrogens is 434 g/mol. The van der Waals surface area contributed by atoms with Crippen LogP contribution < -0.4 is 5.32 Å². The van der Waals surface area contributed by atoms with Gasteiger partial charge in [-0.15, -0.1) is 5.10 Å². The molecule has 0 radical (unpaired) electrons. The van der Waals surface area contributed by atoms with Gasteiger partial charge >= 0.3 is 0 Å². The second kappa shape index (κ2) is 8.44. The maximum Gasteiger partial charge on any atom is 0.279 e. The second-order valence-corrected chi connectivity index (χ2v) is 8.65. The number of hydrogen-bond donors (Lipinski definition) is 1. The Kier molecular flexibility index (Phi) is 5.31. The van der Waals surface area contributed by atoms with Crippen LogP contribution in [0, 0.1) is 13.8 Å². The van der Waals surface area contributed by atoms with Gasteiger partial charge in [-0.3, -0.25) is 10.1 Å². The molecule has 3 aromatic heterocycles. The summed E-state index contributed by atoms with van der Waals surface area (Å²) in [7, 11) is 1.93. The molecule has 0 atom stereocenters. The molecule has 0 fully saturated rings. The molecule has 0 spiro atoms. The Balaban J connectivity index is 1.48. The number of carbonyl (C=O) groups is 1. The van der Waals surface area contributed by atoms with Crippen molar-refractivity contribution < 1.29 is 4.79 Å². The zero-order valence-corrected chi connectivity index (χ0v) is 19.2. The van der Waals surface area contributed by atoms with Gasteiger partial charge in [-0.05, 0) is 26.0 Å². The number of carbonyl (C=O) groups excluding carboxylic acids is 1. The van der Waals surface area contributed by atoms with Gasteiger partial charge in [0.15, 0.2) is 16.6 Å². The maximum atomic E-state index is 13.1. The van der Waals surface area contributed by atoms with E-state index < -0.39 is 0 Å². The molecule has 1 N–H and O–H groups in total. The Morgan fingerprint density at radius 2 is 1.79 bits per heavy atom. The lowest BCUT2D eigenvalue weighted by molar-refractivity contribution is 0.102. The largest absolute Gasteiger partial charge is 0.333 e. The average molecular weight is 456 g/mol. The van der Waals surface area contributed by atoms with Crippen molar-refractivity contribution in [2.24, 2.45) is 7.05 Å². The van der Waals surface area contributed by atoms with E-state index in [1.807, 2.05) is 86.3 Å². The van der Waals surface area contributed by atoms with Crippen LogP contribution in [0.4, 0.5) is 5.13 Å². The van der Waals surface area contributed by atoms with Crippen molar-refractivity contribution in [2.75, 3.05) is 5.32 Å². The summed E-state index contributed by atoms with van der Waals surface area (Å²) in [5.74, 6) is 0.430. The lowest BCUT2D eigenvalue weighted by Gasteiger charge is -2.04. The van der Waals surface area contributed by atoms with Gasteiger partial charge in [0.2, 0.25) is 0 Å². The molecule has 0 bridgehead atoms. The van der Waals surface area contributed by atoms with Crippen LogP contribution in [-0.4, -0.2) is 35.4 Å². The van der Waals surface area contributed by atoms with E-state index in [1.54, 1.807) is 10.9 Å². The number of anilines is 1. The zero-order chi connectivity index (χ0) is 22.9. The zero-order valence-electron chi connectivity index (χ0n) is 18.4. The number of aryl methyl sites for hydroxylation is 2. The molecule has 2 aromatic carbocycles. The van der Waals surface area contributed by atoms with Crippen LogP contribution in [-0.2, 0) is 7.05 Å². The van der Waals surface area contributed by atoms with Crippen LogP contribution in [0.1, 0.15) is 21.7 Å². The van der Waals surface area contributed by atoms with Crippen molar-refractivity contribution in [3.8, 4) is 27.6 Å². The van der Waals surface area contributed by atoms with Crippen molar-refractivity contribution in [2.45, 2.75) is 13.8 Å². The van der Waals surface area contributed by atoms with Crippen molar-refractivity contribution in [1.29, 1.82) is 0 Å². The van der Waals surface area contributed by atoms with Crippen LogP contribution in [0.5, 0.6) is 0 Å². The van der Waals surface area contributed by atoms with Crippen LogP contribution >= 0.6 is 11.3 Å². The fourth-order valence-electron chi connectivity index (χ4n) is 3.53. The summed E-state index contributed by atoms with van der Waals surface area (Å²) in [6.45, 7) is 3.85. The van der Waals surface area contributed by atoms with E-state index in [2.05, 4.69) is 20.6 Å². The third-order valence-corrected chi connectivity index (χ3v) is 6.27. The first-order valence-corrected chi connectivity index (χ1v) is 11.2. The normalized spacial score (nSPS) is 11.0. The van der Waals surface area contributed by atoms with Gasteiger partial charge in [0.25, 0.3) is 5.91 Å². The minimum Gasteiger partial charge on any atom is -0.333 e. The Hall–Kier alpha value is -4.11. The molecule has 0 saturated carbocycles. The number of amides is 1. The number of thiazole rings is 1. The standard InChI is InChI=1S/C24H21N7OS/c1-15-9-11-18(12-10-15)31-16(2)19(28-29-31)23(32)27-24-26-20(17-7-5-4-6-8-17)21(33-24)22-25-13-14-30(22)3/h4-14H,1-3H3,(H,26,27,32). The lowest BCUT2D eigenvalue weighted by Crippen LogP contribution is -2.14. The summed E-state index contributed by atoms with van der Waals surface area (Å²) < 4.78 is 3.59. The van der Waals surface area contributed by atoms with Crippen LogP contribution in [0.2, 0.25) is 0 Å². The quantitative estimate of drug-likeness (QED) is 0.416. The first-order valence-electron chi connectivity index (χ1n) is 10.4. The number of nitrogens with one attached hydrogen (secondary N) is 1. The number of rotatable bonds is 5. The highest BCUT2D eigenvalue weighted by molar-refractivity contribution is 7.19. The first-order chi connectivity index (χ1) is 16.0. The predicted molar refractivity (Wildman–Crippen MR) is 129 cm³/mol. The van der Waals surface area contributed by atoms with E-state index in [0.29, 0.717) is 10.8 Å².